The average Bonchev–Trinajstić information content (AvgIpc) is 3.18. The first-order valence-corrected chi connectivity index (χ1v) is 9.31. The molecule has 0 radical (unpaired) electrons. The molecule has 0 fully saturated rings. The number of nitrogens with zero attached hydrogens (tertiary/aromatic N) is 2. The number of amides is 1. The Hall–Kier alpha value is -1.73. The quantitative estimate of drug-likeness (QED) is 0.684. The molecule has 0 spiro atoms. The third kappa shape index (κ3) is 5.14. The van der Waals surface area contributed by atoms with Gasteiger partial charge in [0, 0.05) is 16.8 Å². The summed E-state index contributed by atoms with van der Waals surface area (Å²) in [6.07, 6.45) is 1.29. The molecule has 0 N–H and O–H groups in total. The fourth-order valence-corrected chi connectivity index (χ4v) is 3.56. The van der Waals surface area contributed by atoms with Crippen LogP contribution in [0.1, 0.15) is 40.6 Å². The van der Waals surface area contributed by atoms with Crippen LogP contribution in [0.4, 0.5) is 0 Å². The van der Waals surface area contributed by atoms with Gasteiger partial charge >= 0.3 is 5.97 Å². The maximum atomic E-state index is 12.5. The van der Waals surface area contributed by atoms with Crippen LogP contribution in [0, 0.1) is 0 Å². The van der Waals surface area contributed by atoms with Gasteiger partial charge in [-0.1, -0.05) is 13.0 Å². The molecular weight excluding hydrogens is 332 g/mol. The minimum atomic E-state index is -0.415. The molecule has 2 heterocycles. The summed E-state index contributed by atoms with van der Waals surface area (Å²) in [7, 11) is 0. The number of aromatic nitrogens is 1. The highest BCUT2D eigenvalue weighted by Crippen LogP contribution is 2.16. The summed E-state index contributed by atoms with van der Waals surface area (Å²) < 4.78 is 4.94. The van der Waals surface area contributed by atoms with E-state index in [1.807, 2.05) is 24.4 Å². The van der Waals surface area contributed by atoms with Gasteiger partial charge in [0.1, 0.15) is 5.01 Å². The summed E-state index contributed by atoms with van der Waals surface area (Å²) in [5, 5.41) is 4.40. The first-order valence-electron chi connectivity index (χ1n) is 7.55. The van der Waals surface area contributed by atoms with E-state index in [0.717, 1.165) is 16.3 Å². The minimum absolute atomic E-state index is 0.0854. The number of esters is 1. The Balaban J connectivity index is 2.01. The number of thiophene rings is 1. The molecule has 2 aromatic heterocycles. The Morgan fingerprint density at radius 1 is 1.30 bits per heavy atom. The summed E-state index contributed by atoms with van der Waals surface area (Å²) in [5.74, 6) is -0.330. The number of carbonyl (C=O) groups is 2. The first-order chi connectivity index (χ1) is 11.1. The van der Waals surface area contributed by atoms with Crippen LogP contribution >= 0.6 is 22.7 Å². The largest absolute Gasteiger partial charge is 0.461 e. The molecule has 0 aromatic carbocycles. The van der Waals surface area contributed by atoms with Crippen molar-refractivity contribution in [1.29, 1.82) is 0 Å². The average molecular weight is 352 g/mol. The number of ether oxygens (including phenoxy) is 1. The van der Waals surface area contributed by atoms with E-state index in [0.29, 0.717) is 31.8 Å². The summed E-state index contributed by atoms with van der Waals surface area (Å²) in [6, 6.07) is 3.92. The van der Waals surface area contributed by atoms with Crippen molar-refractivity contribution in [3.05, 3.63) is 38.5 Å². The highest BCUT2D eigenvalue weighted by molar-refractivity contribution is 7.10. The molecule has 0 atom stereocenters. The zero-order valence-electron chi connectivity index (χ0n) is 13.3. The van der Waals surface area contributed by atoms with Crippen LogP contribution in [0.2, 0.25) is 0 Å². The van der Waals surface area contributed by atoms with Crippen LogP contribution in [-0.2, 0) is 22.5 Å². The summed E-state index contributed by atoms with van der Waals surface area (Å²) in [4.78, 5) is 31.3. The lowest BCUT2D eigenvalue weighted by Crippen LogP contribution is -2.32. The zero-order valence-corrected chi connectivity index (χ0v) is 14.9. The van der Waals surface area contributed by atoms with Crippen molar-refractivity contribution in [1.82, 2.24) is 9.88 Å². The normalized spacial score (nSPS) is 10.5. The number of thiazole rings is 1. The molecule has 0 aliphatic rings. The molecule has 0 bridgehead atoms. The molecule has 0 saturated heterocycles. The van der Waals surface area contributed by atoms with Gasteiger partial charge < -0.3 is 9.64 Å². The van der Waals surface area contributed by atoms with E-state index in [2.05, 4.69) is 4.98 Å². The van der Waals surface area contributed by atoms with Crippen LogP contribution in [0.5, 0.6) is 0 Å². The van der Waals surface area contributed by atoms with Crippen LogP contribution < -0.4 is 0 Å². The number of hydrogen-bond donors (Lipinski definition) is 0. The summed E-state index contributed by atoms with van der Waals surface area (Å²) >= 11 is 2.96. The molecule has 7 heteroatoms. The Morgan fingerprint density at radius 3 is 2.78 bits per heavy atom. The second-order valence-corrected chi connectivity index (χ2v) is 6.89. The fourth-order valence-electron chi connectivity index (χ4n) is 2.08. The van der Waals surface area contributed by atoms with E-state index in [-0.39, 0.29) is 5.91 Å². The van der Waals surface area contributed by atoms with Gasteiger partial charge in [0.25, 0.3) is 0 Å². The summed E-state index contributed by atoms with van der Waals surface area (Å²) in [5.41, 5.74) is 0.314. The SMILES string of the molecule is CCCN(Cc1nc(C(=O)OCC)cs1)C(=O)Cc1cccs1. The Kier molecular flexibility index (Phi) is 6.73. The molecule has 23 heavy (non-hydrogen) atoms. The van der Waals surface area contributed by atoms with E-state index in [4.69, 9.17) is 4.74 Å². The van der Waals surface area contributed by atoms with Crippen molar-refractivity contribution >= 4 is 34.6 Å². The molecule has 0 unspecified atom stereocenters. The Morgan fingerprint density at radius 2 is 2.13 bits per heavy atom. The van der Waals surface area contributed by atoms with Gasteiger partial charge in [-0.25, -0.2) is 9.78 Å². The van der Waals surface area contributed by atoms with E-state index in [1.54, 1.807) is 28.5 Å². The lowest BCUT2D eigenvalue weighted by Gasteiger charge is -2.20. The molecule has 0 aliphatic heterocycles. The van der Waals surface area contributed by atoms with Crippen molar-refractivity contribution < 1.29 is 14.3 Å². The van der Waals surface area contributed by atoms with Gasteiger partial charge in [-0.3, -0.25) is 4.79 Å². The highest BCUT2D eigenvalue weighted by atomic mass is 32.1. The molecular formula is C16H20N2O3S2. The van der Waals surface area contributed by atoms with Crippen molar-refractivity contribution in [3.63, 3.8) is 0 Å². The molecule has 1 amide bonds. The van der Waals surface area contributed by atoms with Crippen molar-refractivity contribution in [2.24, 2.45) is 0 Å². The molecule has 5 nitrogen and oxygen atoms in total. The molecule has 2 rings (SSSR count). The van der Waals surface area contributed by atoms with E-state index >= 15 is 0 Å². The van der Waals surface area contributed by atoms with Gasteiger partial charge in [0.15, 0.2) is 5.69 Å². The van der Waals surface area contributed by atoms with E-state index in [9.17, 15) is 9.59 Å². The molecule has 0 saturated carbocycles. The lowest BCUT2D eigenvalue weighted by atomic mass is 10.3. The maximum absolute atomic E-state index is 12.5. The van der Waals surface area contributed by atoms with Crippen molar-refractivity contribution in [2.75, 3.05) is 13.2 Å². The standard InChI is InChI=1S/C16H20N2O3S2/c1-3-7-18(15(19)9-12-6-5-8-22-12)10-14-17-13(11-23-14)16(20)21-4-2/h5-6,8,11H,3-4,7,9-10H2,1-2H3. The smallest absolute Gasteiger partial charge is 0.357 e. The third-order valence-electron chi connectivity index (χ3n) is 3.11. The van der Waals surface area contributed by atoms with Gasteiger partial charge in [-0.05, 0) is 24.8 Å². The number of hydrogen-bond acceptors (Lipinski definition) is 6. The third-order valence-corrected chi connectivity index (χ3v) is 4.82. The van der Waals surface area contributed by atoms with E-state index < -0.39 is 5.97 Å². The monoisotopic (exact) mass is 352 g/mol. The fraction of sp³-hybridized carbons (Fsp3) is 0.438. The van der Waals surface area contributed by atoms with Crippen LogP contribution in [0.3, 0.4) is 0 Å². The zero-order chi connectivity index (χ0) is 16.7. The number of rotatable bonds is 8. The molecule has 124 valence electrons. The van der Waals surface area contributed by atoms with Crippen LogP contribution in [0.15, 0.2) is 22.9 Å². The molecule has 0 aliphatic carbocycles. The van der Waals surface area contributed by atoms with Crippen LogP contribution in [-0.4, -0.2) is 34.9 Å². The Labute approximate surface area is 143 Å². The highest BCUT2D eigenvalue weighted by Gasteiger charge is 2.18. The number of carbonyl (C=O) groups excluding carboxylic acids is 2. The predicted molar refractivity (Wildman–Crippen MR) is 91.8 cm³/mol. The Bertz CT molecular complexity index is 638. The van der Waals surface area contributed by atoms with Crippen molar-refractivity contribution in [2.45, 2.75) is 33.2 Å². The lowest BCUT2D eigenvalue weighted by molar-refractivity contribution is -0.131. The van der Waals surface area contributed by atoms with E-state index in [1.165, 1.54) is 11.3 Å². The van der Waals surface area contributed by atoms with Crippen LogP contribution in [0.25, 0.3) is 0 Å². The molecule has 2 aromatic rings. The van der Waals surface area contributed by atoms with Gasteiger partial charge in [-0.15, -0.1) is 22.7 Å². The minimum Gasteiger partial charge on any atom is -0.461 e. The predicted octanol–water partition coefficient (Wildman–Crippen LogP) is 3.36. The second-order valence-electron chi connectivity index (χ2n) is 4.92. The summed E-state index contributed by atoms with van der Waals surface area (Å²) in [6.45, 7) is 5.24. The van der Waals surface area contributed by atoms with Gasteiger partial charge in [-0.2, -0.15) is 0 Å². The maximum Gasteiger partial charge on any atom is 0.357 e. The van der Waals surface area contributed by atoms with Gasteiger partial charge in [0.05, 0.1) is 19.6 Å². The second kappa shape index (κ2) is 8.79. The topological polar surface area (TPSA) is 59.5 Å². The van der Waals surface area contributed by atoms with Gasteiger partial charge in [0.2, 0.25) is 5.91 Å². The van der Waals surface area contributed by atoms with Crippen molar-refractivity contribution in [3.8, 4) is 0 Å². The first kappa shape index (κ1) is 17.6.